The molecule has 1 N–H and O–H groups in total. The van der Waals surface area contributed by atoms with E-state index in [0.29, 0.717) is 24.3 Å². The van der Waals surface area contributed by atoms with Crippen LogP contribution >= 0.6 is 0 Å². The maximum atomic E-state index is 12.5. The van der Waals surface area contributed by atoms with Gasteiger partial charge >= 0.3 is 0 Å². The van der Waals surface area contributed by atoms with E-state index in [9.17, 15) is 9.59 Å². The molecule has 0 radical (unpaired) electrons. The van der Waals surface area contributed by atoms with Crippen LogP contribution in [0, 0.1) is 12.8 Å². The highest BCUT2D eigenvalue weighted by Gasteiger charge is 2.34. The van der Waals surface area contributed by atoms with Crippen molar-refractivity contribution in [2.75, 3.05) is 6.61 Å². The fourth-order valence-electron chi connectivity index (χ4n) is 2.41. The van der Waals surface area contributed by atoms with Gasteiger partial charge in [0.1, 0.15) is 5.75 Å². The number of carbonyl (C=O) groups is 2. The average molecular weight is 259 g/mol. The van der Waals surface area contributed by atoms with E-state index in [1.807, 2.05) is 19.1 Å². The predicted molar refractivity (Wildman–Crippen MR) is 70.3 cm³/mol. The number of benzene rings is 1. The Morgan fingerprint density at radius 1 is 1.32 bits per heavy atom. The molecule has 1 amide bonds. The van der Waals surface area contributed by atoms with Crippen LogP contribution < -0.4 is 10.1 Å². The first-order chi connectivity index (χ1) is 9.16. The summed E-state index contributed by atoms with van der Waals surface area (Å²) in [5, 5.41) is 2.86. The van der Waals surface area contributed by atoms with Gasteiger partial charge in [0.2, 0.25) is 5.91 Å². The van der Waals surface area contributed by atoms with Crippen molar-refractivity contribution in [1.82, 2.24) is 5.32 Å². The van der Waals surface area contributed by atoms with Crippen LogP contribution in [0.15, 0.2) is 18.2 Å². The van der Waals surface area contributed by atoms with Crippen LogP contribution in [0.2, 0.25) is 0 Å². The molecule has 1 heterocycles. The van der Waals surface area contributed by atoms with Crippen LogP contribution in [-0.4, -0.2) is 24.3 Å². The summed E-state index contributed by atoms with van der Waals surface area (Å²) in [5.74, 6) is 0.754. The van der Waals surface area contributed by atoms with Crippen LogP contribution in [0.25, 0.3) is 0 Å². The minimum Gasteiger partial charge on any atom is -0.492 e. The van der Waals surface area contributed by atoms with E-state index in [2.05, 4.69) is 5.32 Å². The van der Waals surface area contributed by atoms with E-state index in [4.69, 9.17) is 4.74 Å². The highest BCUT2D eigenvalue weighted by atomic mass is 16.5. The molecule has 3 rings (SSSR count). The number of carbonyl (C=O) groups excluding carboxylic acids is 2. The average Bonchev–Trinajstić information content (AvgIpc) is 3.21. The summed E-state index contributed by atoms with van der Waals surface area (Å²) in [6.45, 7) is 2.38. The summed E-state index contributed by atoms with van der Waals surface area (Å²) >= 11 is 0. The monoisotopic (exact) mass is 259 g/mol. The Labute approximate surface area is 112 Å². The molecule has 0 bridgehead atoms. The van der Waals surface area contributed by atoms with E-state index in [1.54, 1.807) is 6.07 Å². The van der Waals surface area contributed by atoms with E-state index < -0.39 is 6.04 Å². The number of fused-ring (bicyclic) bond motifs is 1. The molecule has 100 valence electrons. The molecular weight excluding hydrogens is 242 g/mol. The molecule has 4 heteroatoms. The molecule has 0 aromatic heterocycles. The zero-order chi connectivity index (χ0) is 13.4. The van der Waals surface area contributed by atoms with Gasteiger partial charge in [-0.05, 0) is 31.4 Å². The van der Waals surface area contributed by atoms with Crippen LogP contribution in [0.3, 0.4) is 0 Å². The summed E-state index contributed by atoms with van der Waals surface area (Å²) in [5.41, 5.74) is 1.54. The smallest absolute Gasteiger partial charge is 0.223 e. The van der Waals surface area contributed by atoms with Gasteiger partial charge in [-0.2, -0.15) is 0 Å². The molecule has 1 unspecified atom stereocenters. The lowest BCUT2D eigenvalue weighted by molar-refractivity contribution is -0.122. The van der Waals surface area contributed by atoms with Crippen molar-refractivity contribution < 1.29 is 14.3 Å². The number of rotatable bonds is 2. The summed E-state index contributed by atoms with van der Waals surface area (Å²) in [6.07, 6.45) is 2.42. The largest absolute Gasteiger partial charge is 0.492 e. The zero-order valence-corrected chi connectivity index (χ0v) is 10.9. The molecule has 19 heavy (non-hydrogen) atoms. The quantitative estimate of drug-likeness (QED) is 0.882. The number of para-hydroxylation sites is 1. The first-order valence-electron chi connectivity index (χ1n) is 6.74. The van der Waals surface area contributed by atoms with E-state index in [-0.39, 0.29) is 17.6 Å². The number of ether oxygens (including phenoxy) is 1. The molecular formula is C15H17NO3. The second-order valence-electron chi connectivity index (χ2n) is 5.29. The number of ketones is 1. The van der Waals surface area contributed by atoms with Gasteiger partial charge < -0.3 is 10.1 Å². The van der Waals surface area contributed by atoms with Crippen LogP contribution in [0.1, 0.15) is 35.2 Å². The molecule has 1 fully saturated rings. The van der Waals surface area contributed by atoms with Crippen molar-refractivity contribution in [3.63, 3.8) is 0 Å². The first-order valence-corrected chi connectivity index (χ1v) is 6.74. The third-order valence-electron chi connectivity index (χ3n) is 3.71. The Bertz CT molecular complexity index is 534. The van der Waals surface area contributed by atoms with E-state index in [1.165, 1.54) is 0 Å². The van der Waals surface area contributed by atoms with Crippen molar-refractivity contribution in [3.05, 3.63) is 29.3 Å². The van der Waals surface area contributed by atoms with Crippen LogP contribution in [-0.2, 0) is 4.79 Å². The molecule has 1 aromatic rings. The molecule has 1 aliphatic heterocycles. The minimum absolute atomic E-state index is 0.00875. The number of hydrogen-bond donors (Lipinski definition) is 1. The Balaban J connectivity index is 1.84. The number of hydrogen-bond acceptors (Lipinski definition) is 3. The van der Waals surface area contributed by atoms with Crippen molar-refractivity contribution in [2.24, 2.45) is 5.92 Å². The molecule has 4 nitrogen and oxygen atoms in total. The third-order valence-corrected chi connectivity index (χ3v) is 3.71. The van der Waals surface area contributed by atoms with Gasteiger partial charge in [0.25, 0.3) is 0 Å². The number of Topliss-reactive ketones (excluding diaryl/α,β-unsaturated/α-hetero) is 1. The predicted octanol–water partition coefficient (Wildman–Crippen LogP) is 1.86. The molecule has 1 atom stereocenters. The second-order valence-corrected chi connectivity index (χ2v) is 5.29. The van der Waals surface area contributed by atoms with Crippen molar-refractivity contribution in [1.29, 1.82) is 0 Å². The highest BCUT2D eigenvalue weighted by Crippen LogP contribution is 2.31. The van der Waals surface area contributed by atoms with Gasteiger partial charge in [0.15, 0.2) is 5.78 Å². The molecule has 2 aliphatic rings. The topological polar surface area (TPSA) is 55.4 Å². The Morgan fingerprint density at radius 3 is 2.84 bits per heavy atom. The lowest BCUT2D eigenvalue weighted by Crippen LogP contribution is -2.41. The lowest BCUT2D eigenvalue weighted by Gasteiger charge is -2.14. The SMILES string of the molecule is Cc1cccc2c1OCCC(NC(=O)C1CC1)C2=O. The van der Waals surface area contributed by atoms with Crippen LogP contribution in [0.4, 0.5) is 0 Å². The van der Waals surface area contributed by atoms with Crippen molar-refractivity contribution in [2.45, 2.75) is 32.2 Å². The second kappa shape index (κ2) is 4.68. The van der Waals surface area contributed by atoms with Crippen LogP contribution in [0.5, 0.6) is 5.75 Å². The van der Waals surface area contributed by atoms with E-state index >= 15 is 0 Å². The standard InChI is InChI=1S/C15H17NO3/c1-9-3-2-4-11-13(17)12(7-8-19-14(9)11)16-15(18)10-5-6-10/h2-4,10,12H,5-8H2,1H3,(H,16,18). The van der Waals surface area contributed by atoms with Crippen molar-refractivity contribution in [3.8, 4) is 5.75 Å². The normalized spacial score (nSPS) is 22.2. The fraction of sp³-hybridized carbons (Fsp3) is 0.467. The first kappa shape index (κ1) is 12.2. The summed E-state index contributed by atoms with van der Waals surface area (Å²) in [4.78, 5) is 24.3. The summed E-state index contributed by atoms with van der Waals surface area (Å²) in [6, 6.07) is 5.10. The maximum Gasteiger partial charge on any atom is 0.223 e. The van der Waals surface area contributed by atoms with Gasteiger partial charge in [0.05, 0.1) is 18.2 Å². The fourth-order valence-corrected chi connectivity index (χ4v) is 2.41. The summed E-state index contributed by atoms with van der Waals surface area (Å²) in [7, 11) is 0. The van der Waals surface area contributed by atoms with E-state index in [0.717, 1.165) is 18.4 Å². The van der Waals surface area contributed by atoms with Gasteiger partial charge in [-0.3, -0.25) is 9.59 Å². The minimum atomic E-state index is -0.448. The Hall–Kier alpha value is -1.84. The molecule has 1 aliphatic carbocycles. The highest BCUT2D eigenvalue weighted by molar-refractivity contribution is 6.04. The van der Waals surface area contributed by atoms with Gasteiger partial charge in [0, 0.05) is 12.3 Å². The summed E-state index contributed by atoms with van der Waals surface area (Å²) < 4.78 is 5.67. The number of nitrogens with one attached hydrogen (secondary N) is 1. The van der Waals surface area contributed by atoms with Gasteiger partial charge in [-0.15, -0.1) is 0 Å². The molecule has 1 saturated carbocycles. The molecule has 0 spiro atoms. The Morgan fingerprint density at radius 2 is 2.11 bits per heavy atom. The third kappa shape index (κ3) is 2.35. The maximum absolute atomic E-state index is 12.5. The Kier molecular flexibility index (Phi) is 3.01. The lowest BCUT2D eigenvalue weighted by atomic mass is 10.00. The zero-order valence-electron chi connectivity index (χ0n) is 10.9. The van der Waals surface area contributed by atoms with Gasteiger partial charge in [-0.25, -0.2) is 0 Å². The number of amides is 1. The van der Waals surface area contributed by atoms with Gasteiger partial charge in [-0.1, -0.05) is 12.1 Å². The molecule has 1 aromatic carbocycles. The molecule has 0 saturated heterocycles. The van der Waals surface area contributed by atoms with Crippen molar-refractivity contribution >= 4 is 11.7 Å². The number of aryl methyl sites for hydroxylation is 1.